The Labute approximate surface area is 131 Å². The van der Waals surface area contributed by atoms with Gasteiger partial charge in [-0.25, -0.2) is 13.5 Å². The van der Waals surface area contributed by atoms with Crippen molar-refractivity contribution in [3.05, 3.63) is 77.1 Å². The van der Waals surface area contributed by atoms with E-state index in [2.05, 4.69) is 10.3 Å². The third-order valence-electron chi connectivity index (χ3n) is 3.33. The van der Waals surface area contributed by atoms with Crippen molar-refractivity contribution in [1.29, 1.82) is 0 Å². The maximum atomic E-state index is 13.4. The van der Waals surface area contributed by atoms with E-state index in [1.807, 2.05) is 0 Å². The van der Waals surface area contributed by atoms with E-state index in [4.69, 9.17) is 5.73 Å². The van der Waals surface area contributed by atoms with Crippen LogP contribution in [0.3, 0.4) is 0 Å². The average Bonchev–Trinajstić information content (AvgIpc) is 2.97. The van der Waals surface area contributed by atoms with E-state index in [0.29, 0.717) is 17.1 Å². The standard InChI is InChI=1S/C17H14F2N4/c18-13-7-4-12(5-8-13)6-9-17-16(11-20)21-22-23(17)15-3-1-2-14(19)10-15/h1-10H,11,20H2/b9-6+. The Kier molecular flexibility index (Phi) is 4.25. The van der Waals surface area contributed by atoms with Crippen LogP contribution >= 0.6 is 0 Å². The SMILES string of the molecule is NCc1nnn(-c2cccc(F)c2)c1/C=C/c1ccc(F)cc1. The summed E-state index contributed by atoms with van der Waals surface area (Å²) in [6.07, 6.45) is 3.58. The molecule has 0 fully saturated rings. The molecule has 0 radical (unpaired) electrons. The maximum absolute atomic E-state index is 13.4. The van der Waals surface area contributed by atoms with Gasteiger partial charge in [-0.15, -0.1) is 5.10 Å². The first-order valence-electron chi connectivity index (χ1n) is 7.01. The summed E-state index contributed by atoms with van der Waals surface area (Å²) in [5.41, 5.74) is 8.31. The summed E-state index contributed by atoms with van der Waals surface area (Å²) < 4.78 is 27.9. The lowest BCUT2D eigenvalue weighted by Gasteiger charge is -2.04. The predicted octanol–water partition coefficient (Wildman–Crippen LogP) is 3.17. The molecule has 2 aromatic carbocycles. The summed E-state index contributed by atoms with van der Waals surface area (Å²) in [5.74, 6) is -0.656. The summed E-state index contributed by atoms with van der Waals surface area (Å²) in [6, 6.07) is 12.1. The van der Waals surface area contributed by atoms with Gasteiger partial charge >= 0.3 is 0 Å². The molecule has 3 rings (SSSR count). The minimum absolute atomic E-state index is 0.207. The zero-order valence-electron chi connectivity index (χ0n) is 12.2. The lowest BCUT2D eigenvalue weighted by molar-refractivity contribution is 0.624. The number of nitrogens with zero attached hydrogens (tertiary/aromatic N) is 3. The second-order valence-corrected chi connectivity index (χ2v) is 4.90. The molecule has 0 aliphatic carbocycles. The molecular formula is C17H14F2N4. The van der Waals surface area contributed by atoms with E-state index < -0.39 is 0 Å². The molecule has 0 saturated carbocycles. The first-order chi connectivity index (χ1) is 11.2. The first kappa shape index (κ1) is 15.1. The Morgan fingerprint density at radius 1 is 1.00 bits per heavy atom. The summed E-state index contributed by atoms with van der Waals surface area (Å²) in [7, 11) is 0. The second-order valence-electron chi connectivity index (χ2n) is 4.90. The molecule has 0 spiro atoms. The van der Waals surface area contributed by atoms with Crippen molar-refractivity contribution >= 4 is 12.2 Å². The molecular weight excluding hydrogens is 298 g/mol. The maximum Gasteiger partial charge on any atom is 0.125 e. The molecule has 1 aromatic heterocycles. The van der Waals surface area contributed by atoms with E-state index in [1.54, 1.807) is 36.4 Å². The van der Waals surface area contributed by atoms with Crippen molar-refractivity contribution in [2.24, 2.45) is 5.73 Å². The highest BCUT2D eigenvalue weighted by molar-refractivity contribution is 5.69. The molecule has 0 bridgehead atoms. The van der Waals surface area contributed by atoms with Gasteiger partial charge in [-0.05, 0) is 42.0 Å². The zero-order chi connectivity index (χ0) is 16.2. The first-order valence-corrected chi connectivity index (χ1v) is 7.01. The molecule has 116 valence electrons. The topological polar surface area (TPSA) is 56.7 Å². The lowest BCUT2D eigenvalue weighted by atomic mass is 10.2. The average molecular weight is 312 g/mol. The van der Waals surface area contributed by atoms with Crippen LogP contribution in [0, 0.1) is 11.6 Å². The van der Waals surface area contributed by atoms with Crippen molar-refractivity contribution in [2.45, 2.75) is 6.54 Å². The molecule has 4 nitrogen and oxygen atoms in total. The lowest BCUT2D eigenvalue weighted by Crippen LogP contribution is -2.02. The molecule has 1 heterocycles. The third kappa shape index (κ3) is 3.32. The van der Waals surface area contributed by atoms with Crippen LogP contribution in [0.15, 0.2) is 48.5 Å². The molecule has 2 N–H and O–H groups in total. The van der Waals surface area contributed by atoms with Crippen molar-refractivity contribution in [2.75, 3.05) is 0 Å². The Balaban J connectivity index is 2.00. The summed E-state index contributed by atoms with van der Waals surface area (Å²) >= 11 is 0. The van der Waals surface area contributed by atoms with Gasteiger partial charge in [0.25, 0.3) is 0 Å². The summed E-state index contributed by atoms with van der Waals surface area (Å²) in [5, 5.41) is 8.05. The normalized spacial score (nSPS) is 11.3. The van der Waals surface area contributed by atoms with Gasteiger partial charge in [-0.1, -0.05) is 29.5 Å². The number of hydrogen-bond donors (Lipinski definition) is 1. The fourth-order valence-corrected chi connectivity index (χ4v) is 2.18. The van der Waals surface area contributed by atoms with Gasteiger partial charge in [0.05, 0.1) is 11.4 Å². The van der Waals surface area contributed by atoms with E-state index >= 15 is 0 Å². The monoisotopic (exact) mass is 312 g/mol. The number of benzene rings is 2. The molecule has 0 saturated heterocycles. The van der Waals surface area contributed by atoms with E-state index in [0.717, 1.165) is 5.56 Å². The smallest absolute Gasteiger partial charge is 0.125 e. The minimum Gasteiger partial charge on any atom is -0.325 e. The van der Waals surface area contributed by atoms with Gasteiger partial charge in [-0.2, -0.15) is 0 Å². The van der Waals surface area contributed by atoms with Crippen LogP contribution in [-0.4, -0.2) is 15.0 Å². The van der Waals surface area contributed by atoms with E-state index in [1.165, 1.54) is 28.9 Å². The number of hydrogen-bond acceptors (Lipinski definition) is 3. The number of halogens is 2. The molecule has 23 heavy (non-hydrogen) atoms. The van der Waals surface area contributed by atoms with Crippen LogP contribution < -0.4 is 5.73 Å². The van der Waals surface area contributed by atoms with Crippen LogP contribution in [-0.2, 0) is 6.54 Å². The van der Waals surface area contributed by atoms with Crippen LogP contribution in [0.5, 0.6) is 0 Å². The molecule has 0 aliphatic rings. The fraction of sp³-hybridized carbons (Fsp3) is 0.0588. The second kappa shape index (κ2) is 6.50. The molecule has 0 atom stereocenters. The Morgan fingerprint density at radius 2 is 1.78 bits per heavy atom. The molecule has 0 aliphatic heterocycles. The predicted molar refractivity (Wildman–Crippen MR) is 84.5 cm³/mol. The molecule has 0 unspecified atom stereocenters. The van der Waals surface area contributed by atoms with Gasteiger partial charge in [0, 0.05) is 6.54 Å². The van der Waals surface area contributed by atoms with Crippen molar-refractivity contribution < 1.29 is 8.78 Å². The Bertz CT molecular complexity index is 838. The van der Waals surface area contributed by atoms with Gasteiger partial charge in [0.2, 0.25) is 0 Å². The largest absolute Gasteiger partial charge is 0.325 e. The van der Waals surface area contributed by atoms with Crippen LogP contribution in [0.2, 0.25) is 0 Å². The number of rotatable bonds is 4. The van der Waals surface area contributed by atoms with Gasteiger partial charge < -0.3 is 5.73 Å². The van der Waals surface area contributed by atoms with Crippen LogP contribution in [0.1, 0.15) is 17.0 Å². The van der Waals surface area contributed by atoms with Crippen molar-refractivity contribution in [1.82, 2.24) is 15.0 Å². The number of nitrogens with two attached hydrogens (primary N) is 1. The Morgan fingerprint density at radius 3 is 2.48 bits per heavy atom. The highest BCUT2D eigenvalue weighted by Crippen LogP contribution is 2.17. The van der Waals surface area contributed by atoms with Crippen LogP contribution in [0.25, 0.3) is 17.8 Å². The summed E-state index contributed by atoms with van der Waals surface area (Å²) in [4.78, 5) is 0. The van der Waals surface area contributed by atoms with Gasteiger partial charge in [0.1, 0.15) is 17.3 Å². The third-order valence-corrected chi connectivity index (χ3v) is 3.33. The van der Waals surface area contributed by atoms with Gasteiger partial charge in [0.15, 0.2) is 0 Å². The van der Waals surface area contributed by atoms with E-state index in [-0.39, 0.29) is 18.2 Å². The molecule has 0 amide bonds. The van der Waals surface area contributed by atoms with Crippen molar-refractivity contribution in [3.8, 4) is 5.69 Å². The molecule has 6 heteroatoms. The van der Waals surface area contributed by atoms with Crippen molar-refractivity contribution in [3.63, 3.8) is 0 Å². The number of aromatic nitrogens is 3. The molecule has 3 aromatic rings. The van der Waals surface area contributed by atoms with Crippen LogP contribution in [0.4, 0.5) is 8.78 Å². The summed E-state index contributed by atoms with van der Waals surface area (Å²) in [6.45, 7) is 0.207. The van der Waals surface area contributed by atoms with E-state index in [9.17, 15) is 8.78 Å². The minimum atomic E-state index is -0.360. The quantitative estimate of drug-likeness (QED) is 0.805. The Hall–Kier alpha value is -2.86. The highest BCUT2D eigenvalue weighted by Gasteiger charge is 2.11. The fourth-order valence-electron chi connectivity index (χ4n) is 2.18. The highest BCUT2D eigenvalue weighted by atomic mass is 19.1. The zero-order valence-corrected chi connectivity index (χ0v) is 12.2. The van der Waals surface area contributed by atoms with Gasteiger partial charge in [-0.3, -0.25) is 0 Å².